The van der Waals surface area contributed by atoms with Crippen molar-refractivity contribution in [2.24, 2.45) is 11.8 Å². The third kappa shape index (κ3) is 2.56. The fourth-order valence-electron chi connectivity index (χ4n) is 6.54. The minimum atomic E-state index is -0.469. The topological polar surface area (TPSA) is 96.9 Å². The van der Waals surface area contributed by atoms with Crippen molar-refractivity contribution in [2.45, 2.75) is 49.8 Å². The first-order valence-corrected chi connectivity index (χ1v) is 11.6. The normalized spacial score (nSPS) is 30.5. The van der Waals surface area contributed by atoms with Crippen LogP contribution in [0.3, 0.4) is 0 Å². The molecular weight excluding hydrogens is 435 g/mol. The number of amides is 1. The summed E-state index contributed by atoms with van der Waals surface area (Å²) in [5.74, 6) is 0.400. The summed E-state index contributed by atoms with van der Waals surface area (Å²) in [5.41, 5.74) is 2.90. The van der Waals surface area contributed by atoms with E-state index in [0.29, 0.717) is 41.6 Å². The number of ether oxygens (including phenoxy) is 1. The van der Waals surface area contributed by atoms with Crippen LogP contribution in [-0.2, 0) is 23.1 Å². The lowest BCUT2D eigenvalue weighted by Gasteiger charge is -2.16. The van der Waals surface area contributed by atoms with E-state index in [9.17, 15) is 10.1 Å². The average Bonchev–Trinajstić information content (AvgIpc) is 3.45. The van der Waals surface area contributed by atoms with Gasteiger partial charge < -0.3 is 4.74 Å². The number of halogens is 1. The monoisotopic (exact) mass is 456 g/mol. The zero-order valence-electron chi connectivity index (χ0n) is 18.3. The Morgan fingerprint density at radius 2 is 2.12 bits per heavy atom. The number of rotatable bonds is 4. The van der Waals surface area contributed by atoms with Gasteiger partial charge in [-0.15, -0.1) is 5.10 Å². The van der Waals surface area contributed by atoms with E-state index >= 15 is 4.39 Å². The van der Waals surface area contributed by atoms with Gasteiger partial charge in [0.25, 0.3) is 0 Å². The van der Waals surface area contributed by atoms with Crippen molar-refractivity contribution in [2.75, 3.05) is 4.90 Å². The van der Waals surface area contributed by atoms with Crippen molar-refractivity contribution in [3.8, 4) is 17.2 Å². The van der Waals surface area contributed by atoms with Gasteiger partial charge in [-0.05, 0) is 54.9 Å². The third-order valence-corrected chi connectivity index (χ3v) is 8.17. The highest BCUT2D eigenvalue weighted by atomic mass is 19.1. The van der Waals surface area contributed by atoms with Crippen LogP contribution in [0, 0.1) is 29.0 Å². The number of carbonyl (C=O) groups excluding carboxylic acids is 1. The standard InChI is InChI=1S/C25H21FN6O2/c26-19-10-20-15(9-21-22(34-24(33)32(20)21)12-31-7-6-29-30-31)8-16(19)14-4-5-23(28-11-14)25(13-27)17-2-1-3-18(17)25/h4-8,10-11,17-18,21-22H,1-3,9,12H2/t17-,18+,21-,22-,25+/m0/s1. The maximum atomic E-state index is 15.2. The van der Waals surface area contributed by atoms with Crippen molar-refractivity contribution < 1.29 is 13.9 Å². The maximum Gasteiger partial charge on any atom is 0.415 e. The molecule has 8 nitrogen and oxygen atoms in total. The van der Waals surface area contributed by atoms with E-state index in [0.717, 1.165) is 24.1 Å². The molecule has 9 heteroatoms. The van der Waals surface area contributed by atoms with E-state index in [-0.39, 0.29) is 6.04 Å². The Balaban J connectivity index is 1.18. The minimum absolute atomic E-state index is 0.216. The van der Waals surface area contributed by atoms with Crippen LogP contribution in [0.5, 0.6) is 0 Å². The van der Waals surface area contributed by atoms with Crippen LogP contribution in [0.4, 0.5) is 14.9 Å². The number of aromatic nitrogens is 4. The molecule has 1 amide bonds. The van der Waals surface area contributed by atoms with Crippen LogP contribution in [0.2, 0.25) is 0 Å². The predicted octanol–water partition coefficient (Wildman–Crippen LogP) is 3.62. The molecule has 34 heavy (non-hydrogen) atoms. The van der Waals surface area contributed by atoms with Gasteiger partial charge in [0.1, 0.15) is 17.3 Å². The molecule has 1 aromatic carbocycles. The lowest BCUT2D eigenvalue weighted by Crippen LogP contribution is -2.35. The summed E-state index contributed by atoms with van der Waals surface area (Å²) in [4.78, 5) is 18.7. The van der Waals surface area contributed by atoms with Crippen molar-refractivity contribution >= 4 is 11.8 Å². The molecule has 1 saturated heterocycles. The summed E-state index contributed by atoms with van der Waals surface area (Å²) in [5, 5.41) is 17.6. The summed E-state index contributed by atoms with van der Waals surface area (Å²) in [6, 6.07) is 9.28. The molecule has 0 radical (unpaired) electrons. The molecule has 2 aromatic heterocycles. The average molecular weight is 456 g/mol. The predicted molar refractivity (Wildman–Crippen MR) is 118 cm³/mol. The Hall–Kier alpha value is -3.80. The first-order valence-electron chi connectivity index (χ1n) is 11.6. The number of hydrogen-bond acceptors (Lipinski definition) is 6. The van der Waals surface area contributed by atoms with Gasteiger partial charge in [0.2, 0.25) is 0 Å². The molecule has 2 aliphatic carbocycles. The quantitative estimate of drug-likeness (QED) is 0.595. The van der Waals surface area contributed by atoms with E-state index in [1.54, 1.807) is 28.2 Å². The molecule has 0 spiro atoms. The highest BCUT2D eigenvalue weighted by molar-refractivity contribution is 5.94. The SMILES string of the molecule is N#C[C@]1(c2ccc(-c3cc4c(cc3F)N3C(=O)O[C@@H](Cn5ccnn5)[C@@H]3C4)cn2)[C@@H]2CCC[C@@H]21. The second-order valence-corrected chi connectivity index (χ2v) is 9.71. The molecule has 4 heterocycles. The molecule has 5 atom stereocenters. The van der Waals surface area contributed by atoms with Crippen LogP contribution in [-0.4, -0.2) is 38.2 Å². The Kier molecular flexibility index (Phi) is 3.96. The largest absolute Gasteiger partial charge is 0.442 e. The van der Waals surface area contributed by atoms with Crippen LogP contribution in [0.25, 0.3) is 11.1 Å². The highest BCUT2D eigenvalue weighted by Crippen LogP contribution is 2.67. The van der Waals surface area contributed by atoms with Crippen LogP contribution < -0.4 is 4.90 Å². The summed E-state index contributed by atoms with van der Waals surface area (Å²) >= 11 is 0. The summed E-state index contributed by atoms with van der Waals surface area (Å²) in [6.07, 6.45) is 8.02. The Bertz CT molecular complexity index is 1340. The number of anilines is 1. The second-order valence-electron chi connectivity index (χ2n) is 9.71. The lowest BCUT2D eigenvalue weighted by atomic mass is 9.92. The molecule has 2 aliphatic heterocycles. The van der Waals surface area contributed by atoms with Gasteiger partial charge in [-0.1, -0.05) is 17.7 Å². The molecule has 3 aromatic rings. The molecule has 170 valence electrons. The zero-order chi connectivity index (χ0) is 23.0. The summed E-state index contributed by atoms with van der Waals surface area (Å²) in [7, 11) is 0. The third-order valence-electron chi connectivity index (χ3n) is 8.17. The van der Waals surface area contributed by atoms with Crippen molar-refractivity contribution in [1.82, 2.24) is 20.0 Å². The number of cyclic esters (lactones) is 1. The zero-order valence-corrected chi connectivity index (χ0v) is 18.3. The van der Waals surface area contributed by atoms with Crippen LogP contribution >= 0.6 is 0 Å². The van der Waals surface area contributed by atoms with E-state index < -0.39 is 23.4 Å². The highest BCUT2D eigenvalue weighted by Gasteiger charge is 2.68. The molecule has 0 bridgehead atoms. The minimum Gasteiger partial charge on any atom is -0.442 e. The van der Waals surface area contributed by atoms with Gasteiger partial charge in [-0.3, -0.25) is 9.88 Å². The molecule has 0 N–H and O–H groups in total. The number of hydrogen-bond donors (Lipinski definition) is 0. The van der Waals surface area contributed by atoms with Gasteiger partial charge in [0, 0.05) is 23.5 Å². The summed E-state index contributed by atoms with van der Waals surface area (Å²) < 4.78 is 22.4. The molecule has 2 saturated carbocycles. The number of benzene rings is 1. The molecule has 0 unspecified atom stereocenters. The summed E-state index contributed by atoms with van der Waals surface area (Å²) in [6.45, 7) is 0.393. The smallest absolute Gasteiger partial charge is 0.415 e. The molecule has 7 rings (SSSR count). The van der Waals surface area contributed by atoms with E-state index in [2.05, 4.69) is 21.4 Å². The second kappa shape index (κ2) is 6.86. The van der Waals surface area contributed by atoms with Gasteiger partial charge >= 0.3 is 6.09 Å². The lowest BCUT2D eigenvalue weighted by molar-refractivity contribution is 0.117. The number of nitriles is 1. The molecule has 3 fully saturated rings. The fourth-order valence-corrected chi connectivity index (χ4v) is 6.54. The number of fused-ring (bicyclic) bond motifs is 4. The van der Waals surface area contributed by atoms with E-state index in [1.165, 1.54) is 12.5 Å². The number of carbonyl (C=O) groups is 1. The van der Waals surface area contributed by atoms with Crippen molar-refractivity contribution in [1.29, 1.82) is 5.26 Å². The Morgan fingerprint density at radius 1 is 1.26 bits per heavy atom. The van der Waals surface area contributed by atoms with Gasteiger partial charge in [-0.2, -0.15) is 5.26 Å². The maximum absolute atomic E-state index is 15.2. The van der Waals surface area contributed by atoms with E-state index in [4.69, 9.17) is 4.74 Å². The van der Waals surface area contributed by atoms with Gasteiger partial charge in [-0.25, -0.2) is 13.9 Å². The first-order chi connectivity index (χ1) is 16.6. The molecular formula is C25H21FN6O2. The number of nitrogens with zero attached hydrogens (tertiary/aromatic N) is 6. The first kappa shape index (κ1) is 19.6. The Labute approximate surface area is 195 Å². The van der Waals surface area contributed by atoms with Gasteiger partial charge in [0.05, 0.1) is 36.2 Å². The van der Waals surface area contributed by atoms with E-state index in [1.807, 2.05) is 18.2 Å². The van der Waals surface area contributed by atoms with Crippen LogP contribution in [0.1, 0.15) is 30.5 Å². The fraction of sp³-hybridized carbons (Fsp3) is 0.400. The van der Waals surface area contributed by atoms with Crippen molar-refractivity contribution in [3.05, 3.63) is 59.9 Å². The van der Waals surface area contributed by atoms with Gasteiger partial charge in [0.15, 0.2) is 0 Å². The molecule has 4 aliphatic rings. The van der Waals surface area contributed by atoms with Crippen molar-refractivity contribution in [3.63, 3.8) is 0 Å². The Morgan fingerprint density at radius 3 is 2.82 bits per heavy atom. The van der Waals surface area contributed by atoms with Crippen LogP contribution in [0.15, 0.2) is 42.9 Å². The number of pyridine rings is 1.